The first-order chi connectivity index (χ1) is 18.2. The zero-order valence-corrected chi connectivity index (χ0v) is 21.7. The zero-order valence-electron chi connectivity index (χ0n) is 21.7. The third kappa shape index (κ3) is 5.40. The van der Waals surface area contributed by atoms with Gasteiger partial charge in [0.15, 0.2) is 5.84 Å². The Balaban J connectivity index is 1.55. The number of oxime groups is 1. The number of rotatable bonds is 7. The normalized spacial score (nSPS) is 18.6. The van der Waals surface area contributed by atoms with Crippen LogP contribution in [0.5, 0.6) is 5.75 Å². The molecule has 2 aromatic rings. The molecule has 2 aliphatic rings. The van der Waals surface area contributed by atoms with Crippen molar-refractivity contribution in [3.63, 3.8) is 0 Å². The maximum Gasteiger partial charge on any atom is 0.323 e. The number of methoxy groups -OCH3 is 1. The lowest BCUT2D eigenvalue weighted by molar-refractivity contribution is -0.122. The average molecular weight is 519 g/mol. The van der Waals surface area contributed by atoms with Gasteiger partial charge in [-0.2, -0.15) is 0 Å². The van der Waals surface area contributed by atoms with Crippen LogP contribution in [0.15, 0.2) is 47.6 Å². The second-order valence-electron chi connectivity index (χ2n) is 9.47. The average Bonchev–Trinajstić information content (AvgIpc) is 3.36. The molecule has 4 amide bonds. The summed E-state index contributed by atoms with van der Waals surface area (Å²) in [5.74, 6) is 5.93. The van der Waals surface area contributed by atoms with E-state index in [-0.39, 0.29) is 19.0 Å². The van der Waals surface area contributed by atoms with E-state index in [9.17, 15) is 19.6 Å². The van der Waals surface area contributed by atoms with Crippen LogP contribution in [-0.2, 0) is 11.3 Å². The van der Waals surface area contributed by atoms with Crippen molar-refractivity contribution in [2.24, 2.45) is 5.16 Å². The van der Waals surface area contributed by atoms with Gasteiger partial charge in [0.2, 0.25) is 5.54 Å². The summed E-state index contributed by atoms with van der Waals surface area (Å²) in [6.07, 6.45) is 0. The number of nitrogens with one attached hydrogen (secondary N) is 2. The van der Waals surface area contributed by atoms with Crippen molar-refractivity contribution in [1.29, 1.82) is 0 Å². The third-order valence-electron chi connectivity index (χ3n) is 6.47. The summed E-state index contributed by atoms with van der Waals surface area (Å²) >= 11 is 0. The number of amidine groups is 1. The number of ether oxygens (including phenoxy) is 1. The van der Waals surface area contributed by atoms with Crippen LogP contribution in [0.4, 0.5) is 4.79 Å². The molecule has 0 unspecified atom stereocenters. The van der Waals surface area contributed by atoms with E-state index in [2.05, 4.69) is 27.6 Å². The van der Waals surface area contributed by atoms with Gasteiger partial charge in [0.1, 0.15) is 5.75 Å². The van der Waals surface area contributed by atoms with Gasteiger partial charge in [-0.05, 0) is 56.1 Å². The van der Waals surface area contributed by atoms with E-state index in [1.165, 1.54) is 12.0 Å². The number of fused-ring (bicyclic) bond motifs is 1. The van der Waals surface area contributed by atoms with Crippen LogP contribution in [0.2, 0.25) is 0 Å². The van der Waals surface area contributed by atoms with Crippen molar-refractivity contribution in [2.75, 3.05) is 47.9 Å². The van der Waals surface area contributed by atoms with Gasteiger partial charge >= 0.3 is 6.03 Å². The number of likely N-dealkylation sites (N-methyl/N-ethyl adjacent to an activating group) is 2. The number of amides is 4. The predicted molar refractivity (Wildman–Crippen MR) is 140 cm³/mol. The first-order valence-electron chi connectivity index (χ1n) is 12.0. The lowest BCUT2D eigenvalue weighted by Crippen LogP contribution is -2.54. The van der Waals surface area contributed by atoms with E-state index in [0.717, 1.165) is 12.1 Å². The molecule has 11 heteroatoms. The summed E-state index contributed by atoms with van der Waals surface area (Å²) in [5, 5.41) is 17.8. The Morgan fingerprint density at radius 2 is 1.87 bits per heavy atom. The van der Waals surface area contributed by atoms with Crippen LogP contribution in [-0.4, -0.2) is 97.0 Å². The van der Waals surface area contributed by atoms with Crippen LogP contribution in [0.1, 0.15) is 27.0 Å². The highest BCUT2D eigenvalue weighted by Gasteiger charge is 2.48. The minimum atomic E-state index is -1.61. The van der Waals surface area contributed by atoms with E-state index >= 15 is 0 Å². The maximum absolute atomic E-state index is 13.1. The van der Waals surface area contributed by atoms with Gasteiger partial charge in [-0.1, -0.05) is 23.1 Å². The van der Waals surface area contributed by atoms with Crippen LogP contribution < -0.4 is 15.4 Å². The van der Waals surface area contributed by atoms with Crippen molar-refractivity contribution >= 4 is 23.7 Å². The van der Waals surface area contributed by atoms with Gasteiger partial charge < -0.3 is 30.0 Å². The molecule has 0 saturated carbocycles. The lowest BCUT2D eigenvalue weighted by atomic mass is 9.99. The number of benzene rings is 2. The number of carbonyl (C=O) groups excluding carboxylic acids is 3. The summed E-state index contributed by atoms with van der Waals surface area (Å²) < 4.78 is 5.22. The van der Waals surface area contributed by atoms with Gasteiger partial charge in [0, 0.05) is 43.4 Å². The molecule has 0 aromatic heterocycles. The Morgan fingerprint density at radius 3 is 2.47 bits per heavy atom. The fourth-order valence-electron chi connectivity index (χ4n) is 4.30. The van der Waals surface area contributed by atoms with E-state index in [0.29, 0.717) is 34.8 Å². The van der Waals surface area contributed by atoms with Gasteiger partial charge in [0.05, 0.1) is 13.7 Å². The molecule has 4 rings (SSSR count). The minimum absolute atomic E-state index is 0.122. The highest BCUT2D eigenvalue weighted by molar-refractivity contribution is 6.10. The number of nitrogens with zero attached hydrogens (tertiary/aromatic N) is 4. The molecular formula is C27H30N6O5. The van der Waals surface area contributed by atoms with Crippen LogP contribution in [0.25, 0.3) is 0 Å². The van der Waals surface area contributed by atoms with Crippen molar-refractivity contribution in [1.82, 2.24) is 25.3 Å². The molecular weight excluding hydrogens is 488 g/mol. The summed E-state index contributed by atoms with van der Waals surface area (Å²) in [4.78, 5) is 43.4. The highest BCUT2D eigenvalue weighted by atomic mass is 16.5. The summed E-state index contributed by atoms with van der Waals surface area (Å²) in [6.45, 7) is 1.61. The molecule has 38 heavy (non-hydrogen) atoms. The standard InChI is InChI=1S/C27H30N6O5/c1-31(2)13-14-32(3)23(30-37)19-7-5-18(6-8-19)11-12-27(25(35)28-26(36)29-27)17-33-16-20-9-10-21(38-4)15-22(20)24(33)34/h5-10,15,37H,13-14,16-17H2,1-4H3,(H2,28,29,35,36)/b30-23-/t27-/m1/s1. The number of urea groups is 1. The highest BCUT2D eigenvalue weighted by Crippen LogP contribution is 2.28. The van der Waals surface area contributed by atoms with Crippen molar-refractivity contribution in [2.45, 2.75) is 12.1 Å². The molecule has 0 spiro atoms. The quantitative estimate of drug-likeness (QED) is 0.124. The first kappa shape index (κ1) is 26.5. The molecule has 1 fully saturated rings. The van der Waals surface area contributed by atoms with Crippen molar-refractivity contribution in [3.05, 3.63) is 64.7 Å². The molecule has 2 aliphatic heterocycles. The topological polar surface area (TPSA) is 127 Å². The molecule has 1 saturated heterocycles. The number of hydrogen-bond acceptors (Lipinski definition) is 7. The molecule has 0 aliphatic carbocycles. The summed E-state index contributed by atoms with van der Waals surface area (Å²) in [6, 6.07) is 11.6. The molecule has 0 bridgehead atoms. The SMILES string of the molecule is COc1ccc2c(c1)C(=O)N(C[C@@]1(C#Cc3ccc(/C(=N/O)N(C)CCN(C)C)cc3)NC(=O)NC1=O)C2. The summed E-state index contributed by atoms with van der Waals surface area (Å²) in [7, 11) is 7.29. The molecule has 2 aromatic carbocycles. The molecule has 1 atom stereocenters. The first-order valence-corrected chi connectivity index (χ1v) is 12.0. The lowest BCUT2D eigenvalue weighted by Gasteiger charge is -2.26. The van der Waals surface area contributed by atoms with Crippen LogP contribution in [0.3, 0.4) is 0 Å². The molecule has 198 valence electrons. The van der Waals surface area contributed by atoms with E-state index in [1.807, 2.05) is 30.9 Å². The fraction of sp³-hybridized carbons (Fsp3) is 0.333. The van der Waals surface area contributed by atoms with Crippen molar-refractivity contribution in [3.8, 4) is 17.6 Å². The van der Waals surface area contributed by atoms with E-state index in [1.54, 1.807) is 42.5 Å². The van der Waals surface area contributed by atoms with Gasteiger partial charge in [-0.25, -0.2) is 4.79 Å². The third-order valence-corrected chi connectivity index (χ3v) is 6.47. The largest absolute Gasteiger partial charge is 0.497 e. The van der Waals surface area contributed by atoms with E-state index in [4.69, 9.17) is 4.74 Å². The van der Waals surface area contributed by atoms with Gasteiger partial charge in [-0.15, -0.1) is 0 Å². The smallest absolute Gasteiger partial charge is 0.323 e. The number of imide groups is 1. The monoisotopic (exact) mass is 518 g/mol. The Morgan fingerprint density at radius 1 is 1.13 bits per heavy atom. The Hall–Kier alpha value is -4.56. The minimum Gasteiger partial charge on any atom is -0.497 e. The molecule has 11 nitrogen and oxygen atoms in total. The van der Waals surface area contributed by atoms with Crippen LogP contribution >= 0.6 is 0 Å². The second-order valence-corrected chi connectivity index (χ2v) is 9.47. The van der Waals surface area contributed by atoms with E-state index < -0.39 is 17.5 Å². The van der Waals surface area contributed by atoms with Gasteiger partial charge in [-0.3, -0.25) is 14.9 Å². The van der Waals surface area contributed by atoms with Gasteiger partial charge in [0.25, 0.3) is 11.8 Å². The van der Waals surface area contributed by atoms with Crippen molar-refractivity contribution < 1.29 is 24.3 Å². The molecule has 3 N–H and O–H groups in total. The van der Waals surface area contributed by atoms with Crippen LogP contribution in [0, 0.1) is 11.8 Å². The molecule has 0 radical (unpaired) electrons. The Kier molecular flexibility index (Phi) is 7.55. The Labute approximate surface area is 221 Å². The Bertz CT molecular complexity index is 1340. The number of hydrogen-bond donors (Lipinski definition) is 3. The second kappa shape index (κ2) is 10.8. The maximum atomic E-state index is 13.1. The predicted octanol–water partition coefficient (Wildman–Crippen LogP) is 0.910. The molecule has 2 heterocycles. The number of carbonyl (C=O) groups is 3. The zero-order chi connectivity index (χ0) is 27.4. The fourth-order valence-corrected chi connectivity index (χ4v) is 4.30. The summed E-state index contributed by atoms with van der Waals surface area (Å²) in [5.41, 5.74) is 0.954.